The Hall–Kier alpha value is -1.32. The van der Waals surface area contributed by atoms with E-state index in [1.807, 2.05) is 0 Å². The van der Waals surface area contributed by atoms with E-state index in [-0.39, 0.29) is 5.82 Å². The monoisotopic (exact) mass is 125 g/mol. The molecule has 48 valence electrons. The summed E-state index contributed by atoms with van der Waals surface area (Å²) in [5.74, 6) is 0.285. The zero-order chi connectivity index (χ0) is 6.85. The molecule has 0 radical (unpaired) electrons. The van der Waals surface area contributed by atoms with Crippen LogP contribution in [0.2, 0.25) is 0 Å². The normalized spacial score (nSPS) is 9.44. The van der Waals surface area contributed by atoms with Crippen LogP contribution in [0.4, 0.5) is 5.82 Å². The molecule has 0 aliphatic heterocycles. The van der Waals surface area contributed by atoms with Crippen molar-refractivity contribution in [2.24, 2.45) is 0 Å². The molecule has 2 N–H and O–H groups in total. The predicted molar refractivity (Wildman–Crippen MR) is 32.3 cm³/mol. The molecule has 0 saturated heterocycles. The largest absolute Gasteiger partial charge is 0.618 e. The van der Waals surface area contributed by atoms with E-state index in [4.69, 9.17) is 5.73 Å². The molecule has 1 aromatic rings. The first-order valence-electron chi connectivity index (χ1n) is 2.52. The van der Waals surface area contributed by atoms with Gasteiger partial charge in [-0.3, -0.25) is 0 Å². The number of rotatable bonds is 0. The third-order valence-electron chi connectivity index (χ3n) is 1.12. The lowest BCUT2D eigenvalue weighted by atomic mass is 10.5. The van der Waals surface area contributed by atoms with Crippen LogP contribution in [0.15, 0.2) is 12.4 Å². The summed E-state index contributed by atoms with van der Waals surface area (Å²) in [6.07, 6.45) is 2.68. The van der Waals surface area contributed by atoms with Crippen molar-refractivity contribution in [1.82, 2.24) is 4.98 Å². The number of hydrogen-bond donors (Lipinski definition) is 1. The van der Waals surface area contributed by atoms with Gasteiger partial charge in [0.05, 0.1) is 6.20 Å². The number of nitrogens with two attached hydrogens (primary N) is 1. The molecule has 0 fully saturated rings. The van der Waals surface area contributed by atoms with Crippen LogP contribution in [0, 0.1) is 12.1 Å². The maximum Gasteiger partial charge on any atom is 0.231 e. The number of nitrogens with zero attached hydrogens (tertiary/aromatic N) is 2. The first kappa shape index (κ1) is 5.81. The lowest BCUT2D eigenvalue weighted by Crippen LogP contribution is -2.30. The van der Waals surface area contributed by atoms with E-state index >= 15 is 0 Å². The van der Waals surface area contributed by atoms with Gasteiger partial charge in [0.2, 0.25) is 5.69 Å². The van der Waals surface area contributed by atoms with Crippen molar-refractivity contribution in [2.45, 2.75) is 6.92 Å². The second kappa shape index (κ2) is 1.89. The molecule has 4 nitrogen and oxygen atoms in total. The smallest absolute Gasteiger partial charge is 0.231 e. The minimum Gasteiger partial charge on any atom is -0.618 e. The van der Waals surface area contributed by atoms with E-state index in [1.165, 1.54) is 12.4 Å². The van der Waals surface area contributed by atoms with Gasteiger partial charge < -0.3 is 10.9 Å². The van der Waals surface area contributed by atoms with Crippen molar-refractivity contribution in [3.05, 3.63) is 23.3 Å². The highest BCUT2D eigenvalue weighted by atomic mass is 16.5. The molecule has 0 saturated carbocycles. The minimum absolute atomic E-state index is 0.285. The molecular formula is C5H7N3O. The number of nitrogen functional groups attached to an aromatic ring is 1. The molecule has 0 spiro atoms. The molecule has 0 unspecified atom stereocenters. The van der Waals surface area contributed by atoms with Gasteiger partial charge in [-0.15, -0.1) is 0 Å². The van der Waals surface area contributed by atoms with Crippen molar-refractivity contribution in [1.29, 1.82) is 0 Å². The van der Waals surface area contributed by atoms with E-state index in [0.717, 1.165) is 0 Å². The van der Waals surface area contributed by atoms with Crippen LogP contribution in [0.5, 0.6) is 0 Å². The highest BCUT2D eigenvalue weighted by Crippen LogP contribution is 1.95. The van der Waals surface area contributed by atoms with Crippen LogP contribution in [0.25, 0.3) is 0 Å². The first-order chi connectivity index (χ1) is 4.22. The molecule has 0 amide bonds. The van der Waals surface area contributed by atoms with Crippen molar-refractivity contribution >= 4 is 5.82 Å². The van der Waals surface area contributed by atoms with Gasteiger partial charge in [-0.1, -0.05) is 0 Å². The van der Waals surface area contributed by atoms with Gasteiger partial charge in [-0.05, 0) is 0 Å². The molecule has 1 rings (SSSR count). The summed E-state index contributed by atoms with van der Waals surface area (Å²) in [5, 5.41) is 10.6. The number of hydrogen-bond acceptors (Lipinski definition) is 3. The molecular weight excluding hydrogens is 118 g/mol. The fourth-order valence-electron chi connectivity index (χ4n) is 0.492. The van der Waals surface area contributed by atoms with Gasteiger partial charge in [0.25, 0.3) is 0 Å². The molecule has 0 aliphatic rings. The zero-order valence-electron chi connectivity index (χ0n) is 5.03. The second-order valence-electron chi connectivity index (χ2n) is 1.72. The Bertz CT molecular complexity index is 203. The molecule has 0 aromatic carbocycles. The Labute approximate surface area is 52.5 Å². The van der Waals surface area contributed by atoms with E-state index in [1.54, 1.807) is 6.92 Å². The first-order valence-corrected chi connectivity index (χ1v) is 2.52. The van der Waals surface area contributed by atoms with E-state index in [9.17, 15) is 5.21 Å². The Balaban J connectivity index is 3.25. The summed E-state index contributed by atoms with van der Waals surface area (Å²) >= 11 is 0. The Kier molecular flexibility index (Phi) is 1.22. The Morgan fingerprint density at radius 3 is 2.89 bits per heavy atom. The highest BCUT2D eigenvalue weighted by Gasteiger charge is 2.01. The van der Waals surface area contributed by atoms with Crippen LogP contribution in [0.3, 0.4) is 0 Å². The average molecular weight is 125 g/mol. The third kappa shape index (κ3) is 0.910. The summed E-state index contributed by atoms with van der Waals surface area (Å²) < 4.78 is 0.683. The van der Waals surface area contributed by atoms with Crippen molar-refractivity contribution in [2.75, 3.05) is 5.73 Å². The second-order valence-corrected chi connectivity index (χ2v) is 1.72. The summed E-state index contributed by atoms with van der Waals surface area (Å²) in [6, 6.07) is 0. The summed E-state index contributed by atoms with van der Waals surface area (Å²) in [4.78, 5) is 3.70. The van der Waals surface area contributed by atoms with E-state index in [0.29, 0.717) is 10.4 Å². The standard InChI is InChI=1S/C5H7N3O/c1-4-5(6)7-2-3-8(4)9/h2-3H,1H3,(H2,6,7). The van der Waals surface area contributed by atoms with E-state index in [2.05, 4.69) is 4.98 Å². The fourth-order valence-corrected chi connectivity index (χ4v) is 0.492. The van der Waals surface area contributed by atoms with Crippen LogP contribution in [-0.4, -0.2) is 4.98 Å². The molecule has 0 atom stereocenters. The molecule has 9 heavy (non-hydrogen) atoms. The molecule has 1 aromatic heterocycles. The number of aromatic nitrogens is 2. The summed E-state index contributed by atoms with van der Waals surface area (Å²) in [6.45, 7) is 1.62. The maximum absolute atomic E-state index is 10.6. The third-order valence-corrected chi connectivity index (χ3v) is 1.12. The Morgan fingerprint density at radius 1 is 1.78 bits per heavy atom. The van der Waals surface area contributed by atoms with Crippen LogP contribution in [0.1, 0.15) is 5.69 Å². The predicted octanol–water partition coefficient (Wildman–Crippen LogP) is -0.394. The maximum atomic E-state index is 10.6. The quantitative estimate of drug-likeness (QED) is 0.379. The van der Waals surface area contributed by atoms with Crippen LogP contribution >= 0.6 is 0 Å². The SMILES string of the molecule is Cc1c(N)ncc[n+]1[O-]. The molecule has 1 heterocycles. The van der Waals surface area contributed by atoms with Gasteiger partial charge >= 0.3 is 0 Å². The fraction of sp³-hybridized carbons (Fsp3) is 0.200. The lowest BCUT2D eigenvalue weighted by molar-refractivity contribution is -0.612. The van der Waals surface area contributed by atoms with Crippen molar-refractivity contribution in [3.63, 3.8) is 0 Å². The molecule has 0 bridgehead atoms. The van der Waals surface area contributed by atoms with Gasteiger partial charge in [-0.25, -0.2) is 4.98 Å². The van der Waals surface area contributed by atoms with E-state index < -0.39 is 0 Å². The lowest BCUT2D eigenvalue weighted by Gasteiger charge is -1.98. The van der Waals surface area contributed by atoms with Crippen LogP contribution < -0.4 is 10.5 Å². The Morgan fingerprint density at radius 2 is 2.44 bits per heavy atom. The summed E-state index contributed by atoms with van der Waals surface area (Å²) in [5.41, 5.74) is 5.73. The molecule has 4 heteroatoms. The highest BCUT2D eigenvalue weighted by molar-refractivity contribution is 5.28. The zero-order valence-corrected chi connectivity index (χ0v) is 5.03. The van der Waals surface area contributed by atoms with Gasteiger partial charge in [0.1, 0.15) is 0 Å². The molecule has 0 aliphatic carbocycles. The van der Waals surface area contributed by atoms with Crippen molar-refractivity contribution in [3.8, 4) is 0 Å². The van der Waals surface area contributed by atoms with Gasteiger partial charge in [0.15, 0.2) is 12.0 Å². The van der Waals surface area contributed by atoms with Crippen molar-refractivity contribution < 1.29 is 4.73 Å². The topological polar surface area (TPSA) is 65.8 Å². The average Bonchev–Trinajstić information content (AvgIpc) is 1.83. The van der Waals surface area contributed by atoms with Crippen LogP contribution in [-0.2, 0) is 0 Å². The summed E-state index contributed by atoms with van der Waals surface area (Å²) in [7, 11) is 0. The number of anilines is 1. The van der Waals surface area contributed by atoms with Gasteiger partial charge in [0, 0.05) is 6.92 Å². The van der Waals surface area contributed by atoms with Gasteiger partial charge in [-0.2, -0.15) is 4.73 Å². The minimum atomic E-state index is 0.285.